The zero-order valence-electron chi connectivity index (χ0n) is 10.7. The molecule has 1 saturated carbocycles. The highest BCUT2D eigenvalue weighted by Gasteiger charge is 2.28. The second-order valence-corrected chi connectivity index (χ2v) is 5.52. The largest absolute Gasteiger partial charge is 0.390 e. The minimum absolute atomic E-state index is 0.387. The highest BCUT2D eigenvalue weighted by Crippen LogP contribution is 2.36. The number of aromatic nitrogens is 4. The first-order valence-corrected chi connectivity index (χ1v) is 7.46. The molecule has 0 spiro atoms. The molecule has 102 valence electrons. The number of ether oxygens (including phenoxy) is 1. The van der Waals surface area contributed by atoms with E-state index < -0.39 is 6.10 Å². The third-order valence-electron chi connectivity index (χ3n) is 2.71. The molecule has 1 fully saturated rings. The highest BCUT2D eigenvalue weighted by atomic mass is 32.2. The predicted molar refractivity (Wildman–Crippen MR) is 68.5 cm³/mol. The van der Waals surface area contributed by atoms with E-state index in [9.17, 15) is 5.11 Å². The van der Waals surface area contributed by atoms with Crippen molar-refractivity contribution in [1.29, 1.82) is 0 Å². The molecule has 0 aliphatic heterocycles. The average Bonchev–Trinajstić information content (AvgIpc) is 3.11. The maximum Gasteiger partial charge on any atom is 0.209 e. The Kier molecular flexibility index (Phi) is 5.40. The van der Waals surface area contributed by atoms with Gasteiger partial charge in [-0.1, -0.05) is 25.1 Å². The van der Waals surface area contributed by atoms with Crippen molar-refractivity contribution in [3.63, 3.8) is 0 Å². The molecule has 0 radical (unpaired) electrons. The van der Waals surface area contributed by atoms with E-state index in [0.29, 0.717) is 18.4 Å². The fraction of sp³-hybridized carbons (Fsp3) is 0.909. The van der Waals surface area contributed by atoms with Gasteiger partial charge in [-0.05, 0) is 29.7 Å². The Balaban J connectivity index is 1.65. The van der Waals surface area contributed by atoms with Gasteiger partial charge in [-0.3, -0.25) is 0 Å². The van der Waals surface area contributed by atoms with Crippen molar-refractivity contribution in [1.82, 2.24) is 20.2 Å². The molecule has 1 N–H and O–H groups in total. The maximum absolute atomic E-state index is 9.77. The normalized spacial score (nSPS) is 17.0. The van der Waals surface area contributed by atoms with Gasteiger partial charge in [-0.2, -0.15) is 0 Å². The minimum Gasteiger partial charge on any atom is -0.390 e. The fourth-order valence-electron chi connectivity index (χ4n) is 1.51. The molecule has 18 heavy (non-hydrogen) atoms. The van der Waals surface area contributed by atoms with Gasteiger partial charge < -0.3 is 9.84 Å². The highest BCUT2D eigenvalue weighted by molar-refractivity contribution is 7.99. The molecule has 0 aromatic carbocycles. The Hall–Kier alpha value is -0.660. The van der Waals surface area contributed by atoms with Crippen LogP contribution in [0.2, 0.25) is 0 Å². The van der Waals surface area contributed by atoms with E-state index in [1.54, 1.807) is 0 Å². The molecule has 1 unspecified atom stereocenters. The van der Waals surface area contributed by atoms with E-state index in [4.69, 9.17) is 4.74 Å². The van der Waals surface area contributed by atoms with Gasteiger partial charge >= 0.3 is 0 Å². The van der Waals surface area contributed by atoms with Gasteiger partial charge in [-0.15, -0.1) is 5.10 Å². The van der Waals surface area contributed by atoms with Gasteiger partial charge in [0.2, 0.25) is 5.16 Å². The van der Waals surface area contributed by atoms with Crippen molar-refractivity contribution < 1.29 is 9.84 Å². The van der Waals surface area contributed by atoms with Crippen LogP contribution < -0.4 is 0 Å². The summed E-state index contributed by atoms with van der Waals surface area (Å²) in [7, 11) is 0. The van der Waals surface area contributed by atoms with Crippen molar-refractivity contribution in [2.45, 2.75) is 49.9 Å². The van der Waals surface area contributed by atoms with Crippen LogP contribution in [-0.2, 0) is 4.74 Å². The molecule has 1 aliphatic carbocycles. The number of tetrazole rings is 1. The third-order valence-corrected chi connectivity index (χ3v) is 3.79. The summed E-state index contributed by atoms with van der Waals surface area (Å²) in [6, 6.07) is 0.473. The molecule has 1 heterocycles. The standard InChI is InChI=1S/C11H20N4O2S/c1-2-3-6-17-7-10(16)8-18-11-12-13-14-15(11)9-4-5-9/h9-10,16H,2-8H2,1H3. The van der Waals surface area contributed by atoms with Crippen molar-refractivity contribution >= 4 is 11.8 Å². The van der Waals surface area contributed by atoms with Crippen molar-refractivity contribution in [3.8, 4) is 0 Å². The Morgan fingerprint density at radius 2 is 2.39 bits per heavy atom. The van der Waals surface area contributed by atoms with Gasteiger partial charge in [0.15, 0.2) is 0 Å². The first-order chi connectivity index (χ1) is 8.81. The van der Waals surface area contributed by atoms with Crippen LogP contribution in [0.4, 0.5) is 0 Å². The molecule has 1 aromatic rings. The topological polar surface area (TPSA) is 73.1 Å². The Bertz CT molecular complexity index is 357. The number of hydrogen-bond donors (Lipinski definition) is 1. The van der Waals surface area contributed by atoms with Crippen LogP contribution in [0.3, 0.4) is 0 Å². The van der Waals surface area contributed by atoms with Crippen LogP contribution in [0.5, 0.6) is 0 Å². The Labute approximate surface area is 111 Å². The maximum atomic E-state index is 9.77. The smallest absolute Gasteiger partial charge is 0.209 e. The molecule has 1 aliphatic rings. The Morgan fingerprint density at radius 1 is 1.56 bits per heavy atom. The van der Waals surface area contributed by atoms with E-state index >= 15 is 0 Å². The van der Waals surface area contributed by atoms with Crippen LogP contribution in [0, 0.1) is 0 Å². The number of nitrogens with zero attached hydrogens (tertiary/aromatic N) is 4. The summed E-state index contributed by atoms with van der Waals surface area (Å²) < 4.78 is 7.23. The monoisotopic (exact) mass is 272 g/mol. The zero-order valence-corrected chi connectivity index (χ0v) is 11.5. The molecule has 0 saturated heterocycles. The summed E-state index contributed by atoms with van der Waals surface area (Å²) in [6.45, 7) is 3.23. The van der Waals surface area contributed by atoms with E-state index in [0.717, 1.165) is 37.4 Å². The van der Waals surface area contributed by atoms with Gasteiger partial charge in [0.05, 0.1) is 18.8 Å². The lowest BCUT2D eigenvalue weighted by Gasteiger charge is -2.10. The average molecular weight is 272 g/mol. The molecule has 2 rings (SSSR count). The number of aliphatic hydroxyl groups is 1. The molecular formula is C11H20N4O2S. The summed E-state index contributed by atoms with van der Waals surface area (Å²) in [5.41, 5.74) is 0. The van der Waals surface area contributed by atoms with Crippen LogP contribution in [0.25, 0.3) is 0 Å². The number of rotatable bonds is 9. The van der Waals surface area contributed by atoms with Crippen molar-refractivity contribution in [2.75, 3.05) is 19.0 Å². The lowest BCUT2D eigenvalue weighted by atomic mass is 10.3. The lowest BCUT2D eigenvalue weighted by molar-refractivity contribution is 0.0473. The molecule has 0 bridgehead atoms. The Morgan fingerprint density at radius 3 is 3.11 bits per heavy atom. The summed E-state index contributed by atoms with van der Waals surface area (Å²) in [6.07, 6.45) is 4.00. The van der Waals surface area contributed by atoms with E-state index in [1.165, 1.54) is 11.8 Å². The van der Waals surface area contributed by atoms with Gasteiger partial charge in [0.1, 0.15) is 0 Å². The molecular weight excluding hydrogens is 252 g/mol. The van der Waals surface area contributed by atoms with Crippen molar-refractivity contribution in [3.05, 3.63) is 0 Å². The summed E-state index contributed by atoms with van der Waals surface area (Å²) in [5, 5.41) is 22.2. The van der Waals surface area contributed by atoms with Crippen LogP contribution >= 0.6 is 11.8 Å². The lowest BCUT2D eigenvalue weighted by Crippen LogP contribution is -2.18. The second kappa shape index (κ2) is 7.06. The predicted octanol–water partition coefficient (Wildman–Crippen LogP) is 1.28. The van der Waals surface area contributed by atoms with E-state index in [2.05, 4.69) is 22.4 Å². The van der Waals surface area contributed by atoms with Gasteiger partial charge in [0, 0.05) is 12.4 Å². The first-order valence-electron chi connectivity index (χ1n) is 6.47. The number of unbranched alkanes of at least 4 members (excludes halogenated alkanes) is 1. The second-order valence-electron chi connectivity index (χ2n) is 4.53. The SMILES string of the molecule is CCCCOCC(O)CSc1nnnn1C1CC1. The van der Waals surface area contributed by atoms with E-state index in [1.807, 2.05) is 4.68 Å². The van der Waals surface area contributed by atoms with Gasteiger partial charge in [-0.25, -0.2) is 4.68 Å². The first kappa shape index (κ1) is 13.8. The summed E-state index contributed by atoms with van der Waals surface area (Å²) >= 11 is 1.49. The zero-order chi connectivity index (χ0) is 12.8. The summed E-state index contributed by atoms with van der Waals surface area (Å²) in [4.78, 5) is 0. The number of thioether (sulfide) groups is 1. The third kappa shape index (κ3) is 4.22. The van der Waals surface area contributed by atoms with E-state index in [-0.39, 0.29) is 0 Å². The van der Waals surface area contributed by atoms with Crippen LogP contribution in [0.15, 0.2) is 5.16 Å². The molecule has 1 aromatic heterocycles. The minimum atomic E-state index is -0.462. The number of aliphatic hydroxyl groups excluding tert-OH is 1. The molecule has 6 nitrogen and oxygen atoms in total. The summed E-state index contributed by atoms with van der Waals surface area (Å²) in [5.74, 6) is 0.569. The fourth-order valence-corrected chi connectivity index (χ4v) is 2.36. The van der Waals surface area contributed by atoms with Gasteiger partial charge in [0.25, 0.3) is 0 Å². The molecule has 1 atom stereocenters. The number of hydrogen-bond acceptors (Lipinski definition) is 6. The van der Waals surface area contributed by atoms with Crippen LogP contribution in [-0.4, -0.2) is 50.4 Å². The molecule has 0 amide bonds. The quantitative estimate of drug-likeness (QED) is 0.539. The van der Waals surface area contributed by atoms with Crippen LogP contribution in [0.1, 0.15) is 38.6 Å². The molecule has 7 heteroatoms. The van der Waals surface area contributed by atoms with Crippen molar-refractivity contribution in [2.24, 2.45) is 0 Å².